The zero-order valence-electron chi connectivity index (χ0n) is 12.7. The van der Waals surface area contributed by atoms with Crippen LogP contribution in [0.4, 0.5) is 4.79 Å². The van der Waals surface area contributed by atoms with Gasteiger partial charge in [0.2, 0.25) is 5.91 Å². The normalized spacial score (nSPS) is 21.1. The molecule has 0 radical (unpaired) electrons. The van der Waals surface area contributed by atoms with Crippen LogP contribution in [0.3, 0.4) is 0 Å². The zero-order chi connectivity index (χ0) is 14.6. The van der Waals surface area contributed by atoms with E-state index in [4.69, 9.17) is 4.74 Å². The van der Waals surface area contributed by atoms with E-state index in [1.165, 1.54) is 0 Å². The van der Waals surface area contributed by atoms with Crippen LogP contribution in [0, 0.1) is 0 Å². The number of nitrogens with zero attached hydrogens (tertiary/aromatic N) is 1. The molecule has 1 saturated heterocycles. The van der Waals surface area contributed by atoms with Crippen molar-refractivity contribution in [2.75, 3.05) is 6.54 Å². The van der Waals surface area contributed by atoms with Crippen molar-refractivity contribution in [1.29, 1.82) is 0 Å². The first-order chi connectivity index (χ1) is 8.74. The maximum atomic E-state index is 12.1. The Morgan fingerprint density at radius 3 is 2.58 bits per heavy atom. The fraction of sp³-hybridized carbons (Fsp3) is 0.857. The van der Waals surface area contributed by atoms with Crippen molar-refractivity contribution in [2.45, 2.75) is 71.6 Å². The molecule has 0 aliphatic carbocycles. The Labute approximate surface area is 115 Å². The van der Waals surface area contributed by atoms with Crippen LogP contribution in [0.2, 0.25) is 0 Å². The predicted octanol–water partition coefficient (Wildman–Crippen LogP) is 2.30. The second kappa shape index (κ2) is 6.26. The number of amides is 2. The molecule has 1 aliphatic rings. The molecule has 5 nitrogen and oxygen atoms in total. The summed E-state index contributed by atoms with van der Waals surface area (Å²) in [5.41, 5.74) is -0.530. The summed E-state index contributed by atoms with van der Waals surface area (Å²) in [5, 5.41) is 2.93. The SMILES string of the molecule is CC[C@H](C)NC(=O)[C@H]1CCCN1C(=O)OC(C)(C)C. The van der Waals surface area contributed by atoms with Crippen LogP contribution in [-0.2, 0) is 9.53 Å². The number of carbonyl (C=O) groups excluding carboxylic acids is 2. The van der Waals surface area contributed by atoms with Gasteiger partial charge in [0.25, 0.3) is 0 Å². The van der Waals surface area contributed by atoms with Gasteiger partial charge in [0.05, 0.1) is 0 Å². The van der Waals surface area contributed by atoms with Crippen LogP contribution in [0.15, 0.2) is 0 Å². The summed E-state index contributed by atoms with van der Waals surface area (Å²) in [4.78, 5) is 25.7. The summed E-state index contributed by atoms with van der Waals surface area (Å²) >= 11 is 0. The number of likely N-dealkylation sites (tertiary alicyclic amines) is 1. The topological polar surface area (TPSA) is 58.6 Å². The molecule has 2 atom stereocenters. The lowest BCUT2D eigenvalue weighted by Gasteiger charge is -2.28. The van der Waals surface area contributed by atoms with Gasteiger partial charge in [-0.2, -0.15) is 0 Å². The van der Waals surface area contributed by atoms with Crippen LogP contribution < -0.4 is 5.32 Å². The van der Waals surface area contributed by atoms with E-state index in [0.717, 1.165) is 12.8 Å². The van der Waals surface area contributed by atoms with E-state index in [2.05, 4.69) is 5.32 Å². The minimum absolute atomic E-state index is 0.0716. The van der Waals surface area contributed by atoms with Crippen LogP contribution >= 0.6 is 0 Å². The molecule has 0 aromatic rings. The molecule has 1 rings (SSSR count). The molecule has 0 aromatic carbocycles. The second-order valence-corrected chi connectivity index (χ2v) is 6.15. The third-order valence-electron chi connectivity index (χ3n) is 3.18. The van der Waals surface area contributed by atoms with E-state index in [0.29, 0.717) is 13.0 Å². The molecule has 0 saturated carbocycles. The predicted molar refractivity (Wildman–Crippen MR) is 73.9 cm³/mol. The van der Waals surface area contributed by atoms with Gasteiger partial charge in [-0.1, -0.05) is 6.92 Å². The van der Waals surface area contributed by atoms with Gasteiger partial charge in [-0.3, -0.25) is 9.69 Å². The van der Waals surface area contributed by atoms with Crippen LogP contribution in [-0.4, -0.2) is 41.1 Å². The molecule has 19 heavy (non-hydrogen) atoms. The smallest absolute Gasteiger partial charge is 0.410 e. The van der Waals surface area contributed by atoms with Crippen molar-refractivity contribution in [2.24, 2.45) is 0 Å². The lowest BCUT2D eigenvalue weighted by atomic mass is 10.2. The molecular formula is C14H26N2O3. The summed E-state index contributed by atoms with van der Waals surface area (Å²) in [6.07, 6.45) is 2.04. The van der Waals surface area contributed by atoms with Gasteiger partial charge >= 0.3 is 6.09 Å². The molecule has 2 amide bonds. The lowest BCUT2D eigenvalue weighted by Crippen LogP contribution is -2.49. The highest BCUT2D eigenvalue weighted by Crippen LogP contribution is 2.21. The minimum atomic E-state index is -0.530. The average molecular weight is 270 g/mol. The first-order valence-electron chi connectivity index (χ1n) is 7.04. The van der Waals surface area contributed by atoms with Gasteiger partial charge in [0.15, 0.2) is 0 Å². The summed E-state index contributed by atoms with van der Waals surface area (Å²) in [6, 6.07) is -0.252. The van der Waals surface area contributed by atoms with Gasteiger partial charge in [-0.15, -0.1) is 0 Å². The summed E-state index contributed by atoms with van der Waals surface area (Å²) in [5.74, 6) is -0.0716. The Kier molecular flexibility index (Phi) is 5.20. The second-order valence-electron chi connectivity index (χ2n) is 6.15. The number of ether oxygens (including phenoxy) is 1. The molecule has 1 N–H and O–H groups in total. The van der Waals surface area contributed by atoms with Crippen molar-refractivity contribution < 1.29 is 14.3 Å². The molecule has 110 valence electrons. The maximum Gasteiger partial charge on any atom is 0.410 e. The Balaban J connectivity index is 2.63. The Morgan fingerprint density at radius 2 is 2.05 bits per heavy atom. The fourth-order valence-corrected chi connectivity index (χ4v) is 2.02. The molecule has 0 unspecified atom stereocenters. The van der Waals surface area contributed by atoms with Gasteiger partial charge in [-0.05, 0) is 47.0 Å². The van der Waals surface area contributed by atoms with E-state index >= 15 is 0 Å². The molecule has 0 spiro atoms. The van der Waals surface area contributed by atoms with Crippen LogP contribution in [0.5, 0.6) is 0 Å². The van der Waals surface area contributed by atoms with Crippen molar-refractivity contribution in [3.05, 3.63) is 0 Å². The highest BCUT2D eigenvalue weighted by Gasteiger charge is 2.36. The molecule has 5 heteroatoms. The Hall–Kier alpha value is -1.26. The third kappa shape index (κ3) is 4.73. The van der Waals surface area contributed by atoms with Crippen molar-refractivity contribution >= 4 is 12.0 Å². The summed E-state index contributed by atoms with van der Waals surface area (Å²) in [7, 11) is 0. The first kappa shape index (κ1) is 15.8. The van der Waals surface area contributed by atoms with E-state index in [-0.39, 0.29) is 18.0 Å². The lowest BCUT2D eigenvalue weighted by molar-refractivity contribution is -0.126. The van der Waals surface area contributed by atoms with Crippen molar-refractivity contribution in [3.63, 3.8) is 0 Å². The number of nitrogens with one attached hydrogen (secondary N) is 1. The summed E-state index contributed by atoms with van der Waals surface area (Å²) < 4.78 is 5.34. The first-order valence-corrected chi connectivity index (χ1v) is 7.04. The molecule has 1 aliphatic heterocycles. The largest absolute Gasteiger partial charge is 0.444 e. The molecule has 1 fully saturated rings. The van der Waals surface area contributed by atoms with Gasteiger partial charge in [-0.25, -0.2) is 4.79 Å². The van der Waals surface area contributed by atoms with Crippen molar-refractivity contribution in [1.82, 2.24) is 10.2 Å². The molecule has 0 bridgehead atoms. The Morgan fingerprint density at radius 1 is 1.42 bits per heavy atom. The third-order valence-corrected chi connectivity index (χ3v) is 3.18. The van der Waals surface area contributed by atoms with Crippen LogP contribution in [0.25, 0.3) is 0 Å². The number of hydrogen-bond donors (Lipinski definition) is 1. The fourth-order valence-electron chi connectivity index (χ4n) is 2.02. The number of carbonyl (C=O) groups is 2. The van der Waals surface area contributed by atoms with Gasteiger partial charge in [0, 0.05) is 12.6 Å². The maximum absolute atomic E-state index is 12.1. The average Bonchev–Trinajstić information content (AvgIpc) is 2.75. The van der Waals surface area contributed by atoms with E-state index in [1.807, 2.05) is 34.6 Å². The monoisotopic (exact) mass is 270 g/mol. The van der Waals surface area contributed by atoms with Gasteiger partial charge in [0.1, 0.15) is 11.6 Å². The van der Waals surface area contributed by atoms with E-state index in [1.54, 1.807) is 4.90 Å². The van der Waals surface area contributed by atoms with E-state index < -0.39 is 11.7 Å². The van der Waals surface area contributed by atoms with Crippen LogP contribution in [0.1, 0.15) is 53.9 Å². The Bertz CT molecular complexity index is 336. The van der Waals surface area contributed by atoms with Crippen molar-refractivity contribution in [3.8, 4) is 0 Å². The quantitative estimate of drug-likeness (QED) is 0.856. The standard InChI is InChI=1S/C14H26N2O3/c1-6-10(2)15-12(17)11-8-7-9-16(11)13(18)19-14(3,4)5/h10-11H,6-9H2,1-5H3,(H,15,17)/t10-,11+/m0/s1. The van der Waals surface area contributed by atoms with E-state index in [9.17, 15) is 9.59 Å². The number of hydrogen-bond acceptors (Lipinski definition) is 3. The highest BCUT2D eigenvalue weighted by molar-refractivity contribution is 5.86. The molecule has 0 aromatic heterocycles. The zero-order valence-corrected chi connectivity index (χ0v) is 12.7. The number of rotatable bonds is 3. The highest BCUT2D eigenvalue weighted by atomic mass is 16.6. The molecule has 1 heterocycles. The van der Waals surface area contributed by atoms with Gasteiger partial charge < -0.3 is 10.1 Å². The molecular weight excluding hydrogens is 244 g/mol. The summed E-state index contributed by atoms with van der Waals surface area (Å²) in [6.45, 7) is 10.1. The minimum Gasteiger partial charge on any atom is -0.444 e.